The molecule has 0 bridgehead atoms. The smallest absolute Gasteiger partial charge is 0.167 e. The van der Waals surface area contributed by atoms with Crippen LogP contribution < -0.4 is 4.90 Å². The van der Waals surface area contributed by atoms with Crippen LogP contribution >= 0.6 is 0 Å². The zero-order chi connectivity index (χ0) is 25.1. The molecule has 2 aromatic carbocycles. The van der Waals surface area contributed by atoms with Crippen LogP contribution in [0.2, 0.25) is 0 Å². The number of anilines is 1. The van der Waals surface area contributed by atoms with Gasteiger partial charge in [0.15, 0.2) is 5.78 Å². The van der Waals surface area contributed by atoms with Crippen molar-refractivity contribution in [3.63, 3.8) is 0 Å². The molecule has 0 saturated carbocycles. The highest BCUT2D eigenvalue weighted by Gasteiger charge is 2.44. The van der Waals surface area contributed by atoms with Gasteiger partial charge in [-0.05, 0) is 29.8 Å². The molecule has 1 atom stereocenters. The minimum Gasteiger partial charge on any atom is -0.378 e. The molecule has 0 N–H and O–H groups in total. The zero-order valence-electron chi connectivity index (χ0n) is 20.9. The maximum atomic E-state index is 14.7. The number of hydrogen-bond donors (Lipinski definition) is 0. The van der Waals surface area contributed by atoms with E-state index in [0.717, 1.165) is 30.2 Å². The van der Waals surface area contributed by atoms with Crippen molar-refractivity contribution in [3.05, 3.63) is 101 Å². The molecule has 5 rings (SSSR count). The van der Waals surface area contributed by atoms with Gasteiger partial charge in [-0.25, -0.2) is 9.37 Å². The highest BCUT2D eigenvalue weighted by atomic mass is 19.1. The number of piperidine rings is 1. The fourth-order valence-electron chi connectivity index (χ4n) is 5.19. The Morgan fingerprint density at radius 1 is 1.00 bits per heavy atom. The Labute approximate surface area is 212 Å². The molecular formula is C30H32FN3O2. The zero-order valence-corrected chi connectivity index (χ0v) is 20.9. The third-order valence-electron chi connectivity index (χ3n) is 6.98. The van der Waals surface area contributed by atoms with E-state index in [0.29, 0.717) is 37.4 Å². The third-order valence-corrected chi connectivity index (χ3v) is 6.98. The van der Waals surface area contributed by atoms with Crippen LogP contribution in [0.3, 0.4) is 0 Å². The number of Topliss-reactive ketones (excluding diaryl/α,β-unsaturated/α-hetero) is 1. The summed E-state index contributed by atoms with van der Waals surface area (Å²) in [5.74, 6) is 0.749. The first-order valence-corrected chi connectivity index (χ1v) is 12.5. The van der Waals surface area contributed by atoms with Crippen molar-refractivity contribution in [3.8, 4) is 0 Å². The second-order valence-corrected chi connectivity index (χ2v) is 10.1. The van der Waals surface area contributed by atoms with Crippen molar-refractivity contribution in [2.75, 3.05) is 37.7 Å². The van der Waals surface area contributed by atoms with E-state index in [2.05, 4.69) is 9.80 Å². The summed E-state index contributed by atoms with van der Waals surface area (Å²) in [4.78, 5) is 23.2. The number of likely N-dealkylation sites (tertiary alicyclic amines) is 1. The van der Waals surface area contributed by atoms with Crippen molar-refractivity contribution in [2.24, 2.45) is 5.41 Å². The Morgan fingerprint density at radius 2 is 1.72 bits per heavy atom. The molecular weight excluding hydrogens is 453 g/mol. The number of ketones is 1. The lowest BCUT2D eigenvalue weighted by Gasteiger charge is -2.44. The quantitative estimate of drug-likeness (QED) is 0.460. The Kier molecular flexibility index (Phi) is 6.99. The van der Waals surface area contributed by atoms with Crippen molar-refractivity contribution in [2.45, 2.75) is 26.4 Å². The largest absolute Gasteiger partial charge is 0.378 e. The van der Waals surface area contributed by atoms with Gasteiger partial charge < -0.3 is 9.64 Å². The van der Waals surface area contributed by atoms with Gasteiger partial charge in [0.05, 0.1) is 24.9 Å². The summed E-state index contributed by atoms with van der Waals surface area (Å²) < 4.78 is 20.2. The molecule has 186 valence electrons. The minimum atomic E-state index is -0.621. The molecule has 5 nitrogen and oxygen atoms in total. The lowest BCUT2D eigenvalue weighted by molar-refractivity contribution is -0.128. The van der Waals surface area contributed by atoms with Crippen LogP contribution in [0.25, 0.3) is 6.08 Å². The number of hydrogen-bond acceptors (Lipinski definition) is 5. The number of halogens is 1. The lowest BCUT2D eigenvalue weighted by Crippen LogP contribution is -2.49. The van der Waals surface area contributed by atoms with Gasteiger partial charge in [-0.15, -0.1) is 0 Å². The van der Waals surface area contributed by atoms with Crippen molar-refractivity contribution < 1.29 is 13.9 Å². The number of benzene rings is 2. The molecule has 2 fully saturated rings. The van der Waals surface area contributed by atoms with E-state index in [-0.39, 0.29) is 17.6 Å². The second kappa shape index (κ2) is 10.3. The van der Waals surface area contributed by atoms with Crippen molar-refractivity contribution in [1.29, 1.82) is 0 Å². The van der Waals surface area contributed by atoms with Gasteiger partial charge in [0.25, 0.3) is 0 Å². The SMILES string of the molecule is CC1(C)CN(Cc2ccccc2F)C(c2ccccc2)/C(=C/c2cccc(N3CCOCC3)n2)C1=O. The first-order chi connectivity index (χ1) is 17.4. The molecule has 2 saturated heterocycles. The van der Waals surface area contributed by atoms with E-state index in [1.165, 1.54) is 6.07 Å². The van der Waals surface area contributed by atoms with E-state index in [4.69, 9.17) is 9.72 Å². The van der Waals surface area contributed by atoms with Crippen LogP contribution in [0, 0.1) is 11.2 Å². The van der Waals surface area contributed by atoms with Crippen molar-refractivity contribution in [1.82, 2.24) is 9.88 Å². The van der Waals surface area contributed by atoms with Gasteiger partial charge in [0, 0.05) is 42.7 Å². The van der Waals surface area contributed by atoms with Crippen LogP contribution in [0.4, 0.5) is 10.2 Å². The molecule has 3 heterocycles. The first kappa shape index (κ1) is 24.3. The van der Waals surface area contributed by atoms with E-state index < -0.39 is 5.41 Å². The highest BCUT2D eigenvalue weighted by molar-refractivity contribution is 6.05. The van der Waals surface area contributed by atoms with Gasteiger partial charge in [0.1, 0.15) is 11.6 Å². The van der Waals surface area contributed by atoms with E-state index in [1.807, 2.05) is 80.6 Å². The molecule has 0 radical (unpaired) electrons. The maximum absolute atomic E-state index is 14.7. The number of carbonyl (C=O) groups is 1. The molecule has 2 aliphatic rings. The van der Waals surface area contributed by atoms with Gasteiger partial charge in [-0.2, -0.15) is 0 Å². The van der Waals surface area contributed by atoms with Crippen LogP contribution in [-0.4, -0.2) is 48.5 Å². The standard InChI is InChI=1S/C30H32FN3O2/c1-30(2)21-34(20-23-11-6-7-13-26(23)31)28(22-9-4-3-5-10-22)25(29(30)35)19-24-12-8-14-27(32-24)33-15-17-36-18-16-33/h3-14,19,28H,15-18,20-21H2,1-2H3/b25-19-. The van der Waals surface area contributed by atoms with Crippen molar-refractivity contribution >= 4 is 17.7 Å². The van der Waals surface area contributed by atoms with Gasteiger partial charge >= 0.3 is 0 Å². The van der Waals surface area contributed by atoms with Gasteiger partial charge in [-0.1, -0.05) is 68.4 Å². The summed E-state index contributed by atoms with van der Waals surface area (Å²) >= 11 is 0. The van der Waals surface area contributed by atoms with Crippen LogP contribution in [0.1, 0.15) is 36.7 Å². The van der Waals surface area contributed by atoms with E-state index in [9.17, 15) is 9.18 Å². The number of carbonyl (C=O) groups excluding carboxylic acids is 1. The van der Waals surface area contributed by atoms with E-state index in [1.54, 1.807) is 6.07 Å². The number of pyridine rings is 1. The molecule has 2 aliphatic heterocycles. The molecule has 0 aliphatic carbocycles. The average molecular weight is 486 g/mol. The maximum Gasteiger partial charge on any atom is 0.167 e. The first-order valence-electron chi connectivity index (χ1n) is 12.5. The Hall–Kier alpha value is -3.35. The average Bonchev–Trinajstić information content (AvgIpc) is 2.89. The number of aromatic nitrogens is 1. The van der Waals surface area contributed by atoms with Crippen LogP contribution in [0.15, 0.2) is 78.4 Å². The summed E-state index contributed by atoms with van der Waals surface area (Å²) in [5, 5.41) is 0. The molecule has 6 heteroatoms. The summed E-state index contributed by atoms with van der Waals surface area (Å²) in [5.41, 5.74) is 2.43. The normalized spacial score (nSPS) is 21.6. The number of morpholine rings is 1. The van der Waals surface area contributed by atoms with Crippen LogP contribution in [0.5, 0.6) is 0 Å². The number of ether oxygens (including phenoxy) is 1. The summed E-state index contributed by atoms with van der Waals surface area (Å²) in [7, 11) is 0. The fraction of sp³-hybridized carbons (Fsp3) is 0.333. The number of rotatable bonds is 5. The molecule has 3 aromatic rings. The molecule has 0 amide bonds. The predicted molar refractivity (Wildman–Crippen MR) is 140 cm³/mol. The fourth-order valence-corrected chi connectivity index (χ4v) is 5.19. The summed E-state index contributed by atoms with van der Waals surface area (Å²) in [6.07, 6.45) is 1.93. The second-order valence-electron chi connectivity index (χ2n) is 10.1. The Morgan fingerprint density at radius 3 is 2.47 bits per heavy atom. The van der Waals surface area contributed by atoms with E-state index >= 15 is 0 Å². The Bertz CT molecular complexity index is 1250. The third kappa shape index (κ3) is 5.11. The van der Waals surface area contributed by atoms with Gasteiger partial charge in [-0.3, -0.25) is 9.69 Å². The molecule has 1 unspecified atom stereocenters. The topological polar surface area (TPSA) is 45.7 Å². The number of nitrogens with zero attached hydrogens (tertiary/aromatic N) is 3. The Balaban J connectivity index is 1.58. The summed E-state index contributed by atoms with van der Waals surface area (Å²) in [6.45, 7) is 7.82. The lowest BCUT2D eigenvalue weighted by atomic mass is 9.74. The molecule has 0 spiro atoms. The summed E-state index contributed by atoms with van der Waals surface area (Å²) in [6, 6.07) is 22.5. The minimum absolute atomic E-state index is 0.0970. The predicted octanol–water partition coefficient (Wildman–Crippen LogP) is 5.29. The monoisotopic (exact) mass is 485 g/mol. The van der Waals surface area contributed by atoms with Gasteiger partial charge in [0.2, 0.25) is 0 Å². The molecule has 36 heavy (non-hydrogen) atoms. The highest BCUT2D eigenvalue weighted by Crippen LogP contribution is 2.42. The molecule has 1 aromatic heterocycles. The van der Waals surface area contributed by atoms with Crippen LogP contribution in [-0.2, 0) is 16.1 Å².